The molecule has 2 rings (SSSR count). The summed E-state index contributed by atoms with van der Waals surface area (Å²) in [5.74, 6) is 1.71. The zero-order chi connectivity index (χ0) is 19.5. The average molecular weight is 374 g/mol. The Morgan fingerprint density at radius 3 is 2.59 bits per heavy atom. The van der Waals surface area contributed by atoms with E-state index < -0.39 is 0 Å². The van der Waals surface area contributed by atoms with Crippen LogP contribution in [0.15, 0.2) is 42.5 Å². The molecule has 2 N–H and O–H groups in total. The van der Waals surface area contributed by atoms with E-state index in [0.29, 0.717) is 37.0 Å². The van der Waals surface area contributed by atoms with E-state index in [-0.39, 0.29) is 12.5 Å². The van der Waals surface area contributed by atoms with Crippen LogP contribution in [0.4, 0.5) is 11.4 Å². The first-order chi connectivity index (χ1) is 13.2. The molecule has 0 fully saturated rings. The van der Waals surface area contributed by atoms with Crippen LogP contribution in [0.3, 0.4) is 0 Å². The van der Waals surface area contributed by atoms with E-state index in [4.69, 9.17) is 18.9 Å². The minimum absolute atomic E-state index is 0.1000. The maximum atomic E-state index is 12.3. The van der Waals surface area contributed by atoms with Crippen molar-refractivity contribution >= 4 is 17.3 Å². The number of nitrogens with one attached hydrogen (secondary N) is 2. The summed E-state index contributed by atoms with van der Waals surface area (Å²) in [6.07, 6.45) is 0. The van der Waals surface area contributed by atoms with E-state index in [0.717, 1.165) is 11.4 Å². The van der Waals surface area contributed by atoms with Gasteiger partial charge in [0, 0.05) is 24.4 Å². The second-order valence-corrected chi connectivity index (χ2v) is 5.54. The van der Waals surface area contributed by atoms with Crippen LogP contribution in [-0.2, 0) is 9.53 Å². The fraction of sp³-hybridized carbons (Fsp3) is 0.350. The molecule has 0 aliphatic rings. The van der Waals surface area contributed by atoms with Gasteiger partial charge in [-0.2, -0.15) is 0 Å². The Balaban J connectivity index is 1.88. The predicted molar refractivity (Wildman–Crippen MR) is 105 cm³/mol. The number of methoxy groups -OCH3 is 2. The van der Waals surface area contributed by atoms with Gasteiger partial charge in [0.15, 0.2) is 0 Å². The van der Waals surface area contributed by atoms with E-state index in [2.05, 4.69) is 10.6 Å². The summed E-state index contributed by atoms with van der Waals surface area (Å²) >= 11 is 0. The van der Waals surface area contributed by atoms with Crippen molar-refractivity contribution in [1.82, 2.24) is 0 Å². The lowest BCUT2D eigenvalue weighted by Crippen LogP contribution is -2.22. The van der Waals surface area contributed by atoms with E-state index in [1.807, 2.05) is 31.2 Å². The zero-order valence-corrected chi connectivity index (χ0v) is 15.9. The van der Waals surface area contributed by atoms with Crippen LogP contribution >= 0.6 is 0 Å². The predicted octanol–water partition coefficient (Wildman–Crippen LogP) is 3.17. The number of ether oxygens (including phenoxy) is 4. The Labute approximate surface area is 159 Å². The van der Waals surface area contributed by atoms with Crippen molar-refractivity contribution in [3.63, 3.8) is 0 Å². The normalized spacial score (nSPS) is 10.2. The van der Waals surface area contributed by atoms with E-state index in [1.54, 1.807) is 32.4 Å². The Hall–Kier alpha value is -2.93. The van der Waals surface area contributed by atoms with E-state index >= 15 is 0 Å². The third kappa shape index (κ3) is 6.71. The molecule has 7 nitrogen and oxygen atoms in total. The number of hydrogen-bond donors (Lipinski definition) is 2. The number of benzene rings is 2. The lowest BCUT2D eigenvalue weighted by atomic mass is 10.2. The smallest absolute Gasteiger partial charge is 0.243 e. The monoisotopic (exact) mass is 374 g/mol. The molecule has 27 heavy (non-hydrogen) atoms. The van der Waals surface area contributed by atoms with Gasteiger partial charge in [-0.15, -0.1) is 0 Å². The van der Waals surface area contributed by atoms with Gasteiger partial charge in [0.1, 0.15) is 23.9 Å². The SMILES string of the molecule is CCOCCOc1cccc(NCC(=O)Nc2cc(OC)ccc2OC)c1. The molecule has 0 spiro atoms. The topological polar surface area (TPSA) is 78.1 Å². The minimum atomic E-state index is -0.204. The van der Waals surface area contributed by atoms with Crippen molar-refractivity contribution in [3.05, 3.63) is 42.5 Å². The third-order valence-corrected chi connectivity index (χ3v) is 3.67. The van der Waals surface area contributed by atoms with Gasteiger partial charge >= 0.3 is 0 Å². The molecule has 0 heterocycles. The van der Waals surface area contributed by atoms with E-state index in [9.17, 15) is 4.79 Å². The number of carbonyl (C=O) groups excluding carboxylic acids is 1. The maximum absolute atomic E-state index is 12.3. The second-order valence-electron chi connectivity index (χ2n) is 5.54. The second kappa shape index (κ2) is 10.9. The van der Waals surface area contributed by atoms with Crippen molar-refractivity contribution in [2.75, 3.05) is 51.2 Å². The number of anilines is 2. The number of rotatable bonds is 11. The van der Waals surface area contributed by atoms with Gasteiger partial charge in [-0.1, -0.05) is 6.07 Å². The summed E-state index contributed by atoms with van der Waals surface area (Å²) in [6, 6.07) is 12.7. The lowest BCUT2D eigenvalue weighted by Gasteiger charge is -2.13. The molecular formula is C20H26N2O5. The molecule has 0 saturated heterocycles. The molecular weight excluding hydrogens is 348 g/mol. The Morgan fingerprint density at radius 1 is 1.00 bits per heavy atom. The Morgan fingerprint density at radius 2 is 1.85 bits per heavy atom. The summed E-state index contributed by atoms with van der Waals surface area (Å²) in [5.41, 5.74) is 1.34. The lowest BCUT2D eigenvalue weighted by molar-refractivity contribution is -0.114. The van der Waals surface area contributed by atoms with E-state index in [1.165, 1.54) is 0 Å². The summed E-state index contributed by atoms with van der Waals surface area (Å²) < 4.78 is 21.3. The van der Waals surface area contributed by atoms with Crippen molar-refractivity contribution in [2.45, 2.75) is 6.92 Å². The summed E-state index contributed by atoms with van der Waals surface area (Å²) in [6.45, 7) is 3.73. The standard InChI is InChI=1S/C20H26N2O5/c1-4-26-10-11-27-17-7-5-6-15(12-17)21-14-20(23)22-18-13-16(24-2)8-9-19(18)25-3/h5-9,12-13,21H,4,10-11,14H2,1-3H3,(H,22,23). The highest BCUT2D eigenvalue weighted by Crippen LogP contribution is 2.28. The molecule has 146 valence electrons. The number of amides is 1. The molecule has 0 aliphatic heterocycles. The largest absolute Gasteiger partial charge is 0.497 e. The van der Waals surface area contributed by atoms with Crippen LogP contribution in [0.2, 0.25) is 0 Å². The zero-order valence-electron chi connectivity index (χ0n) is 15.9. The number of carbonyl (C=O) groups is 1. The van der Waals surface area contributed by atoms with Gasteiger partial charge in [0.05, 0.1) is 33.1 Å². The van der Waals surface area contributed by atoms with Crippen molar-refractivity contribution < 1.29 is 23.7 Å². The molecule has 0 radical (unpaired) electrons. The van der Waals surface area contributed by atoms with Crippen LogP contribution in [0.25, 0.3) is 0 Å². The van der Waals surface area contributed by atoms with Gasteiger partial charge in [0.25, 0.3) is 0 Å². The summed E-state index contributed by atoms with van der Waals surface area (Å²) in [5, 5.41) is 5.89. The highest BCUT2D eigenvalue weighted by molar-refractivity contribution is 5.95. The molecule has 0 aromatic heterocycles. The Bertz CT molecular complexity index is 736. The van der Waals surface area contributed by atoms with Crippen LogP contribution in [0.1, 0.15) is 6.92 Å². The first kappa shape index (κ1) is 20.4. The van der Waals surface area contributed by atoms with Crippen LogP contribution in [0.5, 0.6) is 17.2 Å². The maximum Gasteiger partial charge on any atom is 0.243 e. The first-order valence-electron chi connectivity index (χ1n) is 8.72. The van der Waals surface area contributed by atoms with Crippen molar-refractivity contribution in [3.8, 4) is 17.2 Å². The van der Waals surface area contributed by atoms with Crippen molar-refractivity contribution in [1.29, 1.82) is 0 Å². The van der Waals surface area contributed by atoms with Crippen LogP contribution < -0.4 is 24.8 Å². The van der Waals surface area contributed by atoms with Crippen LogP contribution in [-0.4, -0.2) is 46.5 Å². The molecule has 7 heteroatoms. The summed E-state index contributed by atoms with van der Waals surface area (Å²) in [7, 11) is 3.12. The van der Waals surface area contributed by atoms with Gasteiger partial charge in [-0.25, -0.2) is 0 Å². The molecule has 2 aromatic rings. The first-order valence-corrected chi connectivity index (χ1v) is 8.72. The highest BCUT2D eigenvalue weighted by Gasteiger charge is 2.09. The van der Waals surface area contributed by atoms with Gasteiger partial charge in [-0.3, -0.25) is 4.79 Å². The third-order valence-electron chi connectivity index (χ3n) is 3.67. The van der Waals surface area contributed by atoms with Gasteiger partial charge in [0.2, 0.25) is 5.91 Å². The molecule has 0 unspecified atom stereocenters. The molecule has 0 saturated carbocycles. The average Bonchev–Trinajstić information content (AvgIpc) is 2.70. The van der Waals surface area contributed by atoms with Gasteiger partial charge < -0.3 is 29.6 Å². The molecule has 2 aromatic carbocycles. The molecule has 0 aliphatic carbocycles. The fourth-order valence-corrected chi connectivity index (χ4v) is 2.35. The number of hydrogen-bond acceptors (Lipinski definition) is 6. The quantitative estimate of drug-likeness (QED) is 0.588. The van der Waals surface area contributed by atoms with Gasteiger partial charge in [-0.05, 0) is 31.2 Å². The summed E-state index contributed by atoms with van der Waals surface area (Å²) in [4.78, 5) is 12.3. The molecule has 0 bridgehead atoms. The fourth-order valence-electron chi connectivity index (χ4n) is 2.35. The van der Waals surface area contributed by atoms with Crippen LogP contribution in [0, 0.1) is 0 Å². The minimum Gasteiger partial charge on any atom is -0.497 e. The highest BCUT2D eigenvalue weighted by atomic mass is 16.5. The Kier molecular flexibility index (Phi) is 8.25. The molecule has 0 atom stereocenters. The van der Waals surface area contributed by atoms with Crippen molar-refractivity contribution in [2.24, 2.45) is 0 Å². The molecule has 1 amide bonds.